The van der Waals surface area contributed by atoms with Crippen LogP contribution in [0.15, 0.2) is 0 Å². The highest BCUT2D eigenvalue weighted by atomic mass is 16.2. The van der Waals surface area contributed by atoms with Crippen molar-refractivity contribution in [3.8, 4) is 12.3 Å². The summed E-state index contributed by atoms with van der Waals surface area (Å²) >= 11 is 0. The number of terminal acetylenes is 1. The van der Waals surface area contributed by atoms with E-state index in [1.807, 2.05) is 0 Å². The minimum atomic E-state index is -0.249. The van der Waals surface area contributed by atoms with E-state index >= 15 is 0 Å². The molecular formula is C14H24N2O. The van der Waals surface area contributed by atoms with Crippen LogP contribution in [0.3, 0.4) is 0 Å². The van der Waals surface area contributed by atoms with Crippen LogP contribution in [0.5, 0.6) is 0 Å². The molecule has 1 aliphatic rings. The van der Waals surface area contributed by atoms with Crippen molar-refractivity contribution < 1.29 is 4.79 Å². The molecule has 0 aromatic rings. The van der Waals surface area contributed by atoms with Crippen LogP contribution < -0.4 is 10.6 Å². The SMILES string of the molecule is C#CC(CCC)NC(=O)C1(CC)CCCNC1. The lowest BCUT2D eigenvalue weighted by Crippen LogP contribution is -2.52. The Morgan fingerprint density at radius 3 is 2.82 bits per heavy atom. The summed E-state index contributed by atoms with van der Waals surface area (Å²) in [6, 6.07) is -0.113. The molecule has 0 aromatic heterocycles. The molecule has 1 aliphatic heterocycles. The Morgan fingerprint density at radius 1 is 1.59 bits per heavy atom. The molecule has 0 radical (unpaired) electrons. The Labute approximate surface area is 105 Å². The Balaban J connectivity index is 2.63. The lowest BCUT2D eigenvalue weighted by atomic mass is 9.77. The van der Waals surface area contributed by atoms with Gasteiger partial charge >= 0.3 is 0 Å². The Bertz CT molecular complexity index is 287. The number of hydrogen-bond acceptors (Lipinski definition) is 2. The maximum Gasteiger partial charge on any atom is 0.228 e. The van der Waals surface area contributed by atoms with Gasteiger partial charge in [0.25, 0.3) is 0 Å². The molecule has 1 rings (SSSR count). The molecule has 17 heavy (non-hydrogen) atoms. The van der Waals surface area contributed by atoms with Gasteiger partial charge in [-0.1, -0.05) is 26.2 Å². The molecule has 2 atom stereocenters. The highest BCUT2D eigenvalue weighted by Gasteiger charge is 2.38. The molecule has 3 nitrogen and oxygen atoms in total. The molecule has 1 saturated heterocycles. The average Bonchev–Trinajstić information content (AvgIpc) is 2.38. The molecule has 96 valence electrons. The fraction of sp³-hybridized carbons (Fsp3) is 0.786. The van der Waals surface area contributed by atoms with Crippen molar-refractivity contribution in [3.63, 3.8) is 0 Å². The van der Waals surface area contributed by atoms with Crippen LogP contribution in [0.2, 0.25) is 0 Å². The van der Waals surface area contributed by atoms with Gasteiger partial charge in [0.15, 0.2) is 0 Å². The topological polar surface area (TPSA) is 41.1 Å². The first kappa shape index (κ1) is 14.1. The summed E-state index contributed by atoms with van der Waals surface area (Å²) in [5.74, 6) is 2.79. The maximum atomic E-state index is 12.3. The summed E-state index contributed by atoms with van der Waals surface area (Å²) in [6.45, 7) is 5.95. The van der Waals surface area contributed by atoms with Crippen LogP contribution in [0, 0.1) is 17.8 Å². The number of amides is 1. The minimum absolute atomic E-state index is 0.113. The fourth-order valence-electron chi connectivity index (χ4n) is 2.42. The van der Waals surface area contributed by atoms with Gasteiger partial charge in [-0.25, -0.2) is 0 Å². The molecule has 3 heteroatoms. The molecule has 1 fully saturated rings. The van der Waals surface area contributed by atoms with E-state index in [0.29, 0.717) is 0 Å². The van der Waals surface area contributed by atoms with Crippen molar-refractivity contribution in [1.29, 1.82) is 0 Å². The van der Waals surface area contributed by atoms with Gasteiger partial charge in [-0.05, 0) is 32.2 Å². The Kier molecular flexibility index (Phi) is 5.50. The first-order valence-electron chi connectivity index (χ1n) is 6.66. The monoisotopic (exact) mass is 236 g/mol. The normalized spacial score (nSPS) is 25.9. The number of hydrogen-bond donors (Lipinski definition) is 2. The summed E-state index contributed by atoms with van der Waals surface area (Å²) in [4.78, 5) is 12.3. The quantitative estimate of drug-likeness (QED) is 0.713. The zero-order valence-electron chi connectivity index (χ0n) is 11.0. The molecule has 0 bridgehead atoms. The van der Waals surface area contributed by atoms with E-state index in [4.69, 9.17) is 6.42 Å². The minimum Gasteiger partial charge on any atom is -0.342 e. The van der Waals surface area contributed by atoms with Crippen molar-refractivity contribution in [2.45, 2.75) is 52.0 Å². The zero-order chi connectivity index (χ0) is 12.7. The third kappa shape index (κ3) is 3.47. The molecule has 0 saturated carbocycles. The number of nitrogens with one attached hydrogen (secondary N) is 2. The molecule has 1 amide bonds. The summed E-state index contributed by atoms with van der Waals surface area (Å²) in [6.07, 6.45) is 10.2. The van der Waals surface area contributed by atoms with Crippen molar-refractivity contribution in [1.82, 2.24) is 10.6 Å². The average molecular weight is 236 g/mol. The van der Waals surface area contributed by atoms with E-state index in [0.717, 1.165) is 45.2 Å². The second-order valence-corrected chi connectivity index (χ2v) is 4.90. The molecule has 2 unspecified atom stereocenters. The molecule has 1 heterocycles. The van der Waals surface area contributed by atoms with Crippen molar-refractivity contribution >= 4 is 5.91 Å². The third-order valence-electron chi connectivity index (χ3n) is 3.71. The summed E-state index contributed by atoms with van der Waals surface area (Å²) in [7, 11) is 0. The molecule has 2 N–H and O–H groups in total. The molecular weight excluding hydrogens is 212 g/mol. The smallest absolute Gasteiger partial charge is 0.228 e. The predicted octanol–water partition coefficient (Wildman–Crippen LogP) is 1.68. The van der Waals surface area contributed by atoms with Crippen LogP contribution in [0.25, 0.3) is 0 Å². The lowest BCUT2D eigenvalue weighted by Gasteiger charge is -2.36. The Hall–Kier alpha value is -1.01. The van der Waals surface area contributed by atoms with Crippen LogP contribution in [0.1, 0.15) is 46.0 Å². The van der Waals surface area contributed by atoms with Crippen LogP contribution in [-0.4, -0.2) is 25.0 Å². The van der Waals surface area contributed by atoms with Gasteiger partial charge in [-0.3, -0.25) is 4.79 Å². The largest absolute Gasteiger partial charge is 0.342 e. The van der Waals surface area contributed by atoms with Gasteiger partial charge < -0.3 is 10.6 Å². The molecule has 0 aromatic carbocycles. The van der Waals surface area contributed by atoms with Gasteiger partial charge in [0.05, 0.1) is 11.5 Å². The fourth-order valence-corrected chi connectivity index (χ4v) is 2.42. The summed E-state index contributed by atoms with van der Waals surface area (Å²) in [5.41, 5.74) is -0.249. The highest BCUT2D eigenvalue weighted by molar-refractivity contribution is 5.83. The predicted molar refractivity (Wildman–Crippen MR) is 70.5 cm³/mol. The maximum absolute atomic E-state index is 12.3. The summed E-state index contributed by atoms with van der Waals surface area (Å²) < 4.78 is 0. The van der Waals surface area contributed by atoms with Crippen LogP contribution in [0.4, 0.5) is 0 Å². The first-order chi connectivity index (χ1) is 8.18. The van der Waals surface area contributed by atoms with E-state index in [-0.39, 0.29) is 17.4 Å². The van der Waals surface area contributed by atoms with Crippen molar-refractivity contribution in [2.75, 3.05) is 13.1 Å². The van der Waals surface area contributed by atoms with Crippen molar-refractivity contribution in [2.24, 2.45) is 5.41 Å². The first-order valence-corrected chi connectivity index (χ1v) is 6.66. The highest BCUT2D eigenvalue weighted by Crippen LogP contribution is 2.30. The third-order valence-corrected chi connectivity index (χ3v) is 3.71. The lowest BCUT2D eigenvalue weighted by molar-refractivity contribution is -0.132. The number of carbonyl (C=O) groups excluding carboxylic acids is 1. The van der Waals surface area contributed by atoms with E-state index in [1.165, 1.54) is 0 Å². The van der Waals surface area contributed by atoms with E-state index in [1.54, 1.807) is 0 Å². The van der Waals surface area contributed by atoms with Gasteiger partial charge in [0, 0.05) is 6.54 Å². The van der Waals surface area contributed by atoms with Crippen LogP contribution >= 0.6 is 0 Å². The van der Waals surface area contributed by atoms with E-state index in [9.17, 15) is 4.79 Å². The number of rotatable bonds is 5. The number of piperidine rings is 1. The second-order valence-electron chi connectivity index (χ2n) is 4.90. The molecule has 0 aliphatic carbocycles. The van der Waals surface area contributed by atoms with E-state index in [2.05, 4.69) is 30.4 Å². The van der Waals surface area contributed by atoms with Crippen LogP contribution in [-0.2, 0) is 4.79 Å². The van der Waals surface area contributed by atoms with E-state index < -0.39 is 0 Å². The van der Waals surface area contributed by atoms with Gasteiger partial charge in [0.1, 0.15) is 0 Å². The van der Waals surface area contributed by atoms with Gasteiger partial charge in [-0.15, -0.1) is 6.42 Å². The standard InChI is InChI=1S/C14H24N2O/c1-4-8-12(5-2)16-13(17)14(6-3)9-7-10-15-11-14/h2,12,15H,4,6-11H2,1,3H3,(H,16,17). The zero-order valence-corrected chi connectivity index (χ0v) is 11.0. The summed E-state index contributed by atoms with van der Waals surface area (Å²) in [5, 5.41) is 6.33. The molecule has 0 spiro atoms. The van der Waals surface area contributed by atoms with Crippen molar-refractivity contribution in [3.05, 3.63) is 0 Å². The van der Waals surface area contributed by atoms with Gasteiger partial charge in [-0.2, -0.15) is 0 Å². The number of carbonyl (C=O) groups is 1. The Morgan fingerprint density at radius 2 is 2.35 bits per heavy atom. The second kappa shape index (κ2) is 6.66. The van der Waals surface area contributed by atoms with Gasteiger partial charge in [0.2, 0.25) is 5.91 Å².